The van der Waals surface area contributed by atoms with Crippen molar-refractivity contribution < 1.29 is 19.6 Å². The van der Waals surface area contributed by atoms with Crippen LogP contribution >= 0.6 is 0 Å². The number of nitro benzene ring substituents is 1. The Morgan fingerprint density at radius 2 is 2.12 bits per heavy atom. The zero-order valence-electron chi connectivity index (χ0n) is 8.97. The van der Waals surface area contributed by atoms with E-state index in [1.54, 1.807) is 6.92 Å². The number of benzene rings is 1. The van der Waals surface area contributed by atoms with Crippen LogP contribution in [0, 0.1) is 17.0 Å². The highest BCUT2D eigenvalue weighted by molar-refractivity contribution is 5.99. The van der Waals surface area contributed by atoms with E-state index in [1.807, 2.05) is 0 Å². The fraction of sp³-hybridized carbons (Fsp3) is 0.200. The van der Waals surface area contributed by atoms with Gasteiger partial charge in [0.25, 0.3) is 11.6 Å². The predicted molar refractivity (Wildman–Crippen MR) is 57.8 cm³/mol. The highest BCUT2D eigenvalue weighted by Gasteiger charge is 2.20. The van der Waals surface area contributed by atoms with Crippen molar-refractivity contribution in [2.45, 2.75) is 6.92 Å². The molecule has 0 aliphatic rings. The molecule has 0 radical (unpaired) electrons. The number of carbonyl (C=O) groups excluding carboxylic acids is 1. The van der Waals surface area contributed by atoms with Crippen LogP contribution in [0.5, 0.6) is 0 Å². The average molecular weight is 238 g/mol. The number of hydrogen-bond acceptors (Lipinski definition) is 4. The third-order valence-electron chi connectivity index (χ3n) is 1.99. The van der Waals surface area contributed by atoms with Gasteiger partial charge in [0.15, 0.2) is 0 Å². The summed E-state index contributed by atoms with van der Waals surface area (Å²) in [6.07, 6.45) is 0. The Hall–Kier alpha value is -2.44. The number of rotatable bonds is 4. The van der Waals surface area contributed by atoms with Crippen LogP contribution in [-0.2, 0) is 4.79 Å². The number of carbonyl (C=O) groups is 2. The van der Waals surface area contributed by atoms with Gasteiger partial charge in [0.05, 0.1) is 4.92 Å². The normalized spacial score (nSPS) is 9.71. The number of carboxylic acids is 1. The Morgan fingerprint density at radius 1 is 1.47 bits per heavy atom. The van der Waals surface area contributed by atoms with Crippen molar-refractivity contribution in [3.05, 3.63) is 39.4 Å². The summed E-state index contributed by atoms with van der Waals surface area (Å²) < 4.78 is 0. The smallest absolute Gasteiger partial charge is 0.322 e. The lowest BCUT2D eigenvalue weighted by atomic mass is 10.1. The van der Waals surface area contributed by atoms with E-state index >= 15 is 0 Å². The fourth-order valence-electron chi connectivity index (χ4n) is 1.24. The Morgan fingerprint density at radius 3 is 2.65 bits per heavy atom. The van der Waals surface area contributed by atoms with Crippen LogP contribution < -0.4 is 5.32 Å². The molecule has 7 nitrogen and oxygen atoms in total. The van der Waals surface area contributed by atoms with Crippen LogP contribution in [-0.4, -0.2) is 28.5 Å². The molecule has 0 heterocycles. The van der Waals surface area contributed by atoms with Gasteiger partial charge in [0.2, 0.25) is 0 Å². The topological polar surface area (TPSA) is 110 Å². The molecule has 0 atom stereocenters. The summed E-state index contributed by atoms with van der Waals surface area (Å²) in [4.78, 5) is 31.8. The van der Waals surface area contributed by atoms with Crippen LogP contribution in [0.2, 0.25) is 0 Å². The zero-order valence-corrected chi connectivity index (χ0v) is 8.97. The molecule has 1 amide bonds. The van der Waals surface area contributed by atoms with Gasteiger partial charge in [-0.05, 0) is 18.6 Å². The molecule has 1 aromatic carbocycles. The first-order valence-corrected chi connectivity index (χ1v) is 4.67. The quantitative estimate of drug-likeness (QED) is 0.593. The minimum Gasteiger partial charge on any atom is -0.480 e. The fourth-order valence-corrected chi connectivity index (χ4v) is 1.24. The number of nitro groups is 1. The SMILES string of the molecule is Cc1ccc([N+](=O)[O-])c(C(=O)NCC(=O)O)c1. The summed E-state index contributed by atoms with van der Waals surface area (Å²) in [5, 5.41) is 21.2. The molecular weight excluding hydrogens is 228 g/mol. The third kappa shape index (κ3) is 3.26. The second-order valence-corrected chi connectivity index (χ2v) is 3.35. The average Bonchev–Trinajstić information content (AvgIpc) is 2.25. The van der Waals surface area contributed by atoms with Gasteiger partial charge in [0, 0.05) is 6.07 Å². The molecule has 0 aliphatic carbocycles. The van der Waals surface area contributed by atoms with Gasteiger partial charge in [-0.1, -0.05) is 6.07 Å². The Balaban J connectivity index is 3.02. The maximum absolute atomic E-state index is 11.5. The summed E-state index contributed by atoms with van der Waals surface area (Å²) >= 11 is 0. The molecule has 0 saturated carbocycles. The van der Waals surface area contributed by atoms with E-state index in [0.717, 1.165) is 0 Å². The number of nitrogens with zero attached hydrogens (tertiary/aromatic N) is 1. The van der Waals surface area contributed by atoms with Gasteiger partial charge in [-0.2, -0.15) is 0 Å². The molecule has 0 aliphatic heterocycles. The molecule has 90 valence electrons. The van der Waals surface area contributed by atoms with Crippen molar-refractivity contribution in [1.29, 1.82) is 0 Å². The third-order valence-corrected chi connectivity index (χ3v) is 1.99. The van der Waals surface area contributed by atoms with E-state index in [0.29, 0.717) is 5.56 Å². The number of nitrogens with one attached hydrogen (secondary N) is 1. The maximum atomic E-state index is 11.5. The number of carboxylic acid groups (broad SMARTS) is 1. The minimum atomic E-state index is -1.21. The molecule has 0 fully saturated rings. The van der Waals surface area contributed by atoms with E-state index in [1.165, 1.54) is 18.2 Å². The molecule has 0 aromatic heterocycles. The molecule has 1 rings (SSSR count). The van der Waals surface area contributed by atoms with E-state index in [9.17, 15) is 19.7 Å². The van der Waals surface area contributed by atoms with Crippen molar-refractivity contribution in [3.8, 4) is 0 Å². The second-order valence-electron chi connectivity index (χ2n) is 3.35. The monoisotopic (exact) mass is 238 g/mol. The van der Waals surface area contributed by atoms with Gasteiger partial charge < -0.3 is 10.4 Å². The second kappa shape index (κ2) is 5.06. The molecule has 2 N–H and O–H groups in total. The zero-order chi connectivity index (χ0) is 13.0. The Bertz CT molecular complexity index is 484. The Labute approximate surface area is 96.2 Å². The molecule has 0 bridgehead atoms. The number of amides is 1. The lowest BCUT2D eigenvalue weighted by molar-refractivity contribution is -0.385. The molecule has 0 saturated heterocycles. The number of aryl methyl sites for hydroxylation is 1. The van der Waals surface area contributed by atoms with E-state index in [2.05, 4.69) is 5.32 Å². The summed E-state index contributed by atoms with van der Waals surface area (Å²) in [7, 11) is 0. The molecule has 7 heteroatoms. The molecule has 1 aromatic rings. The first kappa shape index (κ1) is 12.6. The van der Waals surface area contributed by atoms with Gasteiger partial charge >= 0.3 is 5.97 Å². The standard InChI is InChI=1S/C10H10N2O5/c1-6-2-3-8(12(16)17)7(4-6)10(15)11-5-9(13)14/h2-4H,5H2,1H3,(H,11,15)(H,13,14). The van der Waals surface area contributed by atoms with Crippen molar-refractivity contribution in [3.63, 3.8) is 0 Å². The van der Waals surface area contributed by atoms with Gasteiger partial charge in [-0.25, -0.2) is 0 Å². The molecule has 0 unspecified atom stereocenters. The van der Waals surface area contributed by atoms with Crippen LogP contribution in [0.15, 0.2) is 18.2 Å². The minimum absolute atomic E-state index is 0.142. The van der Waals surface area contributed by atoms with E-state index in [4.69, 9.17) is 5.11 Å². The summed E-state index contributed by atoms with van der Waals surface area (Å²) in [6, 6.07) is 4.06. The predicted octanol–water partition coefficient (Wildman–Crippen LogP) is 0.718. The maximum Gasteiger partial charge on any atom is 0.322 e. The highest BCUT2D eigenvalue weighted by Crippen LogP contribution is 2.19. The first-order valence-electron chi connectivity index (χ1n) is 4.67. The lowest BCUT2D eigenvalue weighted by Gasteiger charge is -2.04. The molecule has 17 heavy (non-hydrogen) atoms. The van der Waals surface area contributed by atoms with Gasteiger partial charge in [0.1, 0.15) is 12.1 Å². The van der Waals surface area contributed by atoms with Crippen LogP contribution in [0.1, 0.15) is 15.9 Å². The van der Waals surface area contributed by atoms with Gasteiger partial charge in [-0.3, -0.25) is 19.7 Å². The van der Waals surface area contributed by atoms with E-state index in [-0.39, 0.29) is 11.3 Å². The Kier molecular flexibility index (Phi) is 3.76. The number of hydrogen-bond donors (Lipinski definition) is 2. The highest BCUT2D eigenvalue weighted by atomic mass is 16.6. The van der Waals surface area contributed by atoms with Gasteiger partial charge in [-0.15, -0.1) is 0 Å². The van der Waals surface area contributed by atoms with Crippen LogP contribution in [0.25, 0.3) is 0 Å². The molecule has 0 spiro atoms. The van der Waals surface area contributed by atoms with Crippen LogP contribution in [0.4, 0.5) is 5.69 Å². The number of aliphatic carboxylic acids is 1. The summed E-state index contributed by atoms with van der Waals surface area (Å²) in [5.41, 5.74) is 0.186. The largest absolute Gasteiger partial charge is 0.480 e. The van der Waals surface area contributed by atoms with Crippen molar-refractivity contribution in [1.82, 2.24) is 5.32 Å². The first-order chi connectivity index (χ1) is 7.91. The molecular formula is C10H10N2O5. The summed E-state index contributed by atoms with van der Waals surface area (Å²) in [6.45, 7) is 1.10. The van der Waals surface area contributed by atoms with E-state index < -0.39 is 23.3 Å². The van der Waals surface area contributed by atoms with Crippen molar-refractivity contribution in [2.75, 3.05) is 6.54 Å². The summed E-state index contributed by atoms with van der Waals surface area (Å²) in [5.74, 6) is -1.99. The van der Waals surface area contributed by atoms with Crippen LogP contribution in [0.3, 0.4) is 0 Å². The van der Waals surface area contributed by atoms with Crippen molar-refractivity contribution >= 4 is 17.6 Å². The lowest BCUT2D eigenvalue weighted by Crippen LogP contribution is -2.29. The van der Waals surface area contributed by atoms with Crippen molar-refractivity contribution in [2.24, 2.45) is 0 Å².